The Morgan fingerprint density at radius 1 is 1.00 bits per heavy atom. The number of methoxy groups -OCH3 is 1. The summed E-state index contributed by atoms with van der Waals surface area (Å²) < 4.78 is 31.4. The van der Waals surface area contributed by atoms with Gasteiger partial charge < -0.3 is 18.8 Å². The first-order valence-electron chi connectivity index (χ1n) is 11.8. The van der Waals surface area contributed by atoms with Crippen molar-refractivity contribution in [1.82, 2.24) is 4.90 Å². The molecule has 0 bridgehead atoms. The fourth-order valence-electron chi connectivity index (χ4n) is 4.51. The highest BCUT2D eigenvalue weighted by molar-refractivity contribution is 5.99. The minimum atomic E-state index is -0.746. The largest absolute Gasteiger partial charge is 0.493 e. The summed E-state index contributed by atoms with van der Waals surface area (Å²) in [5, 5.41) is 0.0944. The quantitative estimate of drug-likeness (QED) is 0.333. The molecule has 5 rings (SSSR count). The maximum atomic E-state index is 14.0. The molecule has 0 N–H and O–H groups in total. The molecule has 1 aromatic heterocycles. The lowest BCUT2D eigenvalue weighted by molar-refractivity contribution is 0.0714. The van der Waals surface area contributed by atoms with Crippen LogP contribution in [0.3, 0.4) is 0 Å². The maximum absolute atomic E-state index is 14.0. The molecule has 6 nitrogen and oxygen atoms in total. The number of nitrogens with zero attached hydrogens (tertiary/aromatic N) is 1. The number of rotatable bonds is 7. The van der Waals surface area contributed by atoms with E-state index in [1.165, 1.54) is 12.1 Å². The van der Waals surface area contributed by atoms with Crippen LogP contribution in [-0.2, 0) is 6.54 Å². The highest BCUT2D eigenvalue weighted by Crippen LogP contribution is 2.41. The van der Waals surface area contributed by atoms with Crippen LogP contribution in [0.4, 0.5) is 4.39 Å². The summed E-state index contributed by atoms with van der Waals surface area (Å²) in [5.74, 6) is 0.408. The summed E-state index contributed by atoms with van der Waals surface area (Å²) in [6.45, 7) is 4.87. The molecular formula is C29H26FNO5. The molecule has 7 heteroatoms. The van der Waals surface area contributed by atoms with Crippen molar-refractivity contribution in [2.24, 2.45) is 5.92 Å². The molecule has 1 aliphatic rings. The van der Waals surface area contributed by atoms with Crippen molar-refractivity contribution in [2.75, 3.05) is 13.7 Å². The summed E-state index contributed by atoms with van der Waals surface area (Å²) in [7, 11) is 1.54. The standard InChI is InChI=1S/C29H26FNO5/c1-17(2)16-35-23-11-9-19(13-24(23)34-3)26-25-27(32)21-14-20(30)10-12-22(21)36-28(25)29(33)31(26)15-18-7-5-4-6-8-18/h4-14,17,26H,15-16H2,1-3H3. The Kier molecular flexibility index (Phi) is 6.22. The summed E-state index contributed by atoms with van der Waals surface area (Å²) >= 11 is 0. The monoisotopic (exact) mass is 487 g/mol. The van der Waals surface area contributed by atoms with Gasteiger partial charge in [-0.05, 0) is 47.4 Å². The minimum Gasteiger partial charge on any atom is -0.493 e. The third kappa shape index (κ3) is 4.21. The van der Waals surface area contributed by atoms with Gasteiger partial charge in [-0.3, -0.25) is 9.59 Å². The van der Waals surface area contributed by atoms with Crippen molar-refractivity contribution < 1.29 is 23.1 Å². The summed E-state index contributed by atoms with van der Waals surface area (Å²) in [6, 6.07) is 17.9. The summed E-state index contributed by atoms with van der Waals surface area (Å²) in [6.07, 6.45) is 0. The van der Waals surface area contributed by atoms with E-state index in [1.54, 1.807) is 24.1 Å². The molecule has 3 aromatic carbocycles. The van der Waals surface area contributed by atoms with Gasteiger partial charge in [-0.15, -0.1) is 0 Å². The van der Waals surface area contributed by atoms with Crippen molar-refractivity contribution in [3.63, 3.8) is 0 Å². The fourth-order valence-corrected chi connectivity index (χ4v) is 4.51. The highest BCUT2D eigenvalue weighted by Gasteiger charge is 2.43. The van der Waals surface area contributed by atoms with Gasteiger partial charge in [-0.25, -0.2) is 4.39 Å². The number of halogens is 1. The lowest BCUT2D eigenvalue weighted by atomic mass is 9.97. The normalized spacial score (nSPS) is 15.0. The highest BCUT2D eigenvalue weighted by atomic mass is 19.1. The van der Waals surface area contributed by atoms with Crippen molar-refractivity contribution in [3.8, 4) is 11.5 Å². The van der Waals surface area contributed by atoms with Gasteiger partial charge in [0, 0.05) is 6.54 Å². The van der Waals surface area contributed by atoms with Gasteiger partial charge in [0.15, 0.2) is 16.9 Å². The molecule has 2 heterocycles. The third-order valence-electron chi connectivity index (χ3n) is 6.20. The van der Waals surface area contributed by atoms with Crippen molar-refractivity contribution >= 4 is 16.9 Å². The number of benzene rings is 3. The van der Waals surface area contributed by atoms with Gasteiger partial charge in [0.1, 0.15) is 11.4 Å². The van der Waals surface area contributed by atoms with Crippen molar-refractivity contribution in [2.45, 2.75) is 26.4 Å². The van der Waals surface area contributed by atoms with E-state index in [2.05, 4.69) is 13.8 Å². The lowest BCUT2D eigenvalue weighted by Gasteiger charge is -2.26. The Labute approximate surface area is 207 Å². The average Bonchev–Trinajstić information content (AvgIpc) is 3.15. The molecule has 1 aliphatic heterocycles. The molecule has 0 saturated carbocycles. The lowest BCUT2D eigenvalue weighted by Crippen LogP contribution is -2.29. The van der Waals surface area contributed by atoms with Crippen molar-refractivity contribution in [3.05, 3.63) is 105 Å². The Morgan fingerprint density at radius 3 is 2.50 bits per heavy atom. The second kappa shape index (κ2) is 9.49. The Hall–Kier alpha value is -4.13. The van der Waals surface area contributed by atoms with Crippen LogP contribution >= 0.6 is 0 Å². The maximum Gasteiger partial charge on any atom is 0.291 e. The summed E-state index contributed by atoms with van der Waals surface area (Å²) in [5.41, 5.74) is 1.49. The van der Waals surface area contributed by atoms with E-state index in [9.17, 15) is 14.0 Å². The fraction of sp³-hybridized carbons (Fsp3) is 0.241. The zero-order valence-corrected chi connectivity index (χ0v) is 20.3. The number of ether oxygens (including phenoxy) is 2. The number of hydrogen-bond acceptors (Lipinski definition) is 5. The molecule has 0 aliphatic carbocycles. The second-order valence-corrected chi connectivity index (χ2v) is 9.25. The van der Waals surface area contributed by atoms with E-state index in [0.717, 1.165) is 11.6 Å². The zero-order chi connectivity index (χ0) is 25.4. The SMILES string of the molecule is COc1cc(C2c3c(oc4ccc(F)cc4c3=O)C(=O)N2Cc2ccccc2)ccc1OCC(C)C. The molecule has 0 spiro atoms. The molecule has 1 atom stereocenters. The van der Waals surface area contributed by atoms with Crippen LogP contribution in [0.25, 0.3) is 11.0 Å². The predicted octanol–water partition coefficient (Wildman–Crippen LogP) is 5.72. The summed E-state index contributed by atoms with van der Waals surface area (Å²) in [4.78, 5) is 28.8. The van der Waals surface area contributed by atoms with E-state index >= 15 is 0 Å². The van der Waals surface area contributed by atoms with Gasteiger partial charge in [0.05, 0.1) is 30.7 Å². The first-order valence-corrected chi connectivity index (χ1v) is 11.8. The van der Waals surface area contributed by atoms with Crippen LogP contribution in [0, 0.1) is 11.7 Å². The molecule has 1 unspecified atom stereocenters. The molecule has 0 saturated heterocycles. The van der Waals surface area contributed by atoms with Crippen LogP contribution < -0.4 is 14.9 Å². The smallest absolute Gasteiger partial charge is 0.291 e. The van der Waals surface area contributed by atoms with Gasteiger partial charge in [0.25, 0.3) is 5.91 Å². The number of carbonyl (C=O) groups excluding carboxylic acids is 1. The van der Waals surface area contributed by atoms with E-state index < -0.39 is 23.2 Å². The molecular weight excluding hydrogens is 461 g/mol. The van der Waals surface area contributed by atoms with Crippen LogP contribution in [0.2, 0.25) is 0 Å². The van der Waals surface area contributed by atoms with Crippen LogP contribution in [0.1, 0.15) is 47.1 Å². The number of fused-ring (bicyclic) bond motifs is 2. The molecule has 1 amide bonds. The van der Waals surface area contributed by atoms with Crippen LogP contribution in [0.15, 0.2) is 75.9 Å². The number of carbonyl (C=O) groups is 1. The first kappa shape index (κ1) is 23.6. The Bertz CT molecular complexity index is 1500. The van der Waals surface area contributed by atoms with Crippen LogP contribution in [-0.4, -0.2) is 24.5 Å². The van der Waals surface area contributed by atoms with E-state index in [-0.39, 0.29) is 28.8 Å². The van der Waals surface area contributed by atoms with Crippen LogP contribution in [0.5, 0.6) is 11.5 Å². The topological polar surface area (TPSA) is 69.0 Å². The van der Waals surface area contributed by atoms with Gasteiger partial charge in [-0.1, -0.05) is 50.2 Å². The Balaban J connectivity index is 1.67. The van der Waals surface area contributed by atoms with Crippen molar-refractivity contribution in [1.29, 1.82) is 0 Å². The predicted molar refractivity (Wildman–Crippen MR) is 134 cm³/mol. The number of hydrogen-bond donors (Lipinski definition) is 0. The second-order valence-electron chi connectivity index (χ2n) is 9.25. The minimum absolute atomic E-state index is 0.0286. The molecule has 0 radical (unpaired) electrons. The van der Waals surface area contributed by atoms with Gasteiger partial charge in [0.2, 0.25) is 5.76 Å². The third-order valence-corrected chi connectivity index (χ3v) is 6.20. The van der Waals surface area contributed by atoms with E-state index in [1.807, 2.05) is 36.4 Å². The molecule has 4 aromatic rings. The number of amides is 1. The van der Waals surface area contributed by atoms with E-state index in [4.69, 9.17) is 13.9 Å². The molecule has 184 valence electrons. The van der Waals surface area contributed by atoms with Gasteiger partial charge in [-0.2, -0.15) is 0 Å². The first-order chi connectivity index (χ1) is 17.4. The molecule has 0 fully saturated rings. The van der Waals surface area contributed by atoms with E-state index in [0.29, 0.717) is 29.6 Å². The molecule has 36 heavy (non-hydrogen) atoms. The zero-order valence-electron chi connectivity index (χ0n) is 20.3. The average molecular weight is 488 g/mol. The Morgan fingerprint density at radius 2 is 1.78 bits per heavy atom. The van der Waals surface area contributed by atoms with Gasteiger partial charge >= 0.3 is 0 Å².